The summed E-state index contributed by atoms with van der Waals surface area (Å²) in [6, 6.07) is 7.06. The summed E-state index contributed by atoms with van der Waals surface area (Å²) in [4.78, 5) is 10.7. The second kappa shape index (κ2) is 5.02. The van der Waals surface area contributed by atoms with Crippen molar-refractivity contribution in [3.8, 4) is 5.75 Å². The molecule has 0 amide bonds. The number of benzene rings is 1. The number of alkyl halides is 1. The second-order valence-electron chi connectivity index (χ2n) is 2.78. The molecule has 2 nitrogen and oxygen atoms in total. The number of rotatable bonds is 4. The molecule has 3 heteroatoms. The van der Waals surface area contributed by atoms with Crippen molar-refractivity contribution in [1.29, 1.82) is 0 Å². The minimum Gasteiger partial charge on any atom is -0.492 e. The molecule has 0 spiro atoms. The number of aldehydes is 1. The van der Waals surface area contributed by atoms with Crippen LogP contribution in [0.2, 0.25) is 0 Å². The van der Waals surface area contributed by atoms with Gasteiger partial charge in [-0.15, -0.1) is 0 Å². The molecular weight excluding hydrogens is 232 g/mol. The van der Waals surface area contributed by atoms with Gasteiger partial charge in [0.1, 0.15) is 18.6 Å². The molecule has 0 saturated heterocycles. The van der Waals surface area contributed by atoms with Crippen LogP contribution in [0.5, 0.6) is 5.75 Å². The summed E-state index contributed by atoms with van der Waals surface area (Å²) in [6.45, 7) is 2.64. The molecule has 0 radical (unpaired) electrons. The zero-order valence-electron chi connectivity index (χ0n) is 7.37. The fourth-order valence-corrected chi connectivity index (χ4v) is 0.986. The maximum absolute atomic E-state index is 10.3. The van der Waals surface area contributed by atoms with Gasteiger partial charge in [0.2, 0.25) is 0 Å². The van der Waals surface area contributed by atoms with Gasteiger partial charge in [-0.05, 0) is 31.2 Å². The van der Waals surface area contributed by atoms with Gasteiger partial charge < -0.3 is 4.74 Å². The number of carbonyl (C=O) groups excluding carboxylic acids is 1. The Labute approximate surface area is 86.0 Å². The highest BCUT2D eigenvalue weighted by Crippen LogP contribution is 2.12. The third-order valence-corrected chi connectivity index (χ3v) is 1.76. The van der Waals surface area contributed by atoms with Gasteiger partial charge in [-0.3, -0.25) is 4.79 Å². The van der Waals surface area contributed by atoms with Crippen molar-refractivity contribution in [1.82, 2.24) is 0 Å². The summed E-state index contributed by atoms with van der Waals surface area (Å²) in [5.74, 6) is 0.789. The number of halogens is 1. The first-order valence-corrected chi connectivity index (χ1v) is 4.96. The Morgan fingerprint density at radius 3 is 2.54 bits per heavy atom. The summed E-state index contributed by atoms with van der Waals surface area (Å²) in [7, 11) is 0. The van der Waals surface area contributed by atoms with Crippen molar-refractivity contribution in [2.24, 2.45) is 0 Å². The van der Waals surface area contributed by atoms with Gasteiger partial charge in [0, 0.05) is 10.4 Å². The lowest BCUT2D eigenvalue weighted by Crippen LogP contribution is -2.06. The average Bonchev–Trinajstić information content (AvgIpc) is 2.15. The Balaban J connectivity index is 2.54. The first kappa shape index (κ1) is 10.3. The molecule has 1 aromatic carbocycles. The zero-order valence-corrected chi connectivity index (χ0v) is 8.95. The standard InChI is InChI=1S/C10H11BrO2/c1-8(11)7-13-10-4-2-9(6-12)3-5-10/h2-6,8H,7H2,1H3. The van der Waals surface area contributed by atoms with Crippen molar-refractivity contribution in [3.63, 3.8) is 0 Å². The molecule has 0 aromatic heterocycles. The average molecular weight is 243 g/mol. The molecule has 0 bridgehead atoms. The predicted molar refractivity (Wildman–Crippen MR) is 55.7 cm³/mol. The number of carbonyl (C=O) groups is 1. The van der Waals surface area contributed by atoms with Crippen LogP contribution in [-0.2, 0) is 0 Å². The van der Waals surface area contributed by atoms with Crippen LogP contribution >= 0.6 is 15.9 Å². The highest BCUT2D eigenvalue weighted by atomic mass is 79.9. The smallest absolute Gasteiger partial charge is 0.150 e. The summed E-state index contributed by atoms with van der Waals surface area (Å²) < 4.78 is 5.40. The second-order valence-corrected chi connectivity index (χ2v) is 4.34. The van der Waals surface area contributed by atoms with Crippen LogP contribution in [0.15, 0.2) is 24.3 Å². The number of ether oxygens (including phenoxy) is 1. The summed E-state index contributed by atoms with van der Waals surface area (Å²) in [6.07, 6.45) is 0.816. The monoisotopic (exact) mass is 242 g/mol. The van der Waals surface area contributed by atoms with Gasteiger partial charge in [-0.25, -0.2) is 0 Å². The summed E-state index contributed by atoms with van der Waals surface area (Å²) in [5, 5.41) is 0. The Bertz CT molecular complexity index is 267. The number of hydrogen-bond donors (Lipinski definition) is 0. The van der Waals surface area contributed by atoms with E-state index in [-0.39, 0.29) is 0 Å². The molecule has 0 saturated carbocycles. The normalized spacial score (nSPS) is 12.2. The molecule has 1 rings (SSSR count). The molecule has 0 N–H and O–H groups in total. The molecule has 0 aliphatic heterocycles. The van der Waals surface area contributed by atoms with Gasteiger partial charge in [0.05, 0.1) is 0 Å². The first-order valence-electron chi connectivity index (χ1n) is 4.04. The van der Waals surface area contributed by atoms with Gasteiger partial charge in [0.15, 0.2) is 0 Å². The van der Waals surface area contributed by atoms with Crippen molar-refractivity contribution in [2.75, 3.05) is 6.61 Å². The van der Waals surface area contributed by atoms with Crippen LogP contribution < -0.4 is 4.74 Å². The molecule has 1 aromatic rings. The third-order valence-electron chi connectivity index (χ3n) is 1.50. The highest BCUT2D eigenvalue weighted by Gasteiger charge is 1.97. The molecule has 0 heterocycles. The predicted octanol–water partition coefficient (Wildman–Crippen LogP) is 2.66. The van der Waals surface area contributed by atoms with E-state index in [1.165, 1.54) is 0 Å². The molecule has 0 fully saturated rings. The molecule has 1 atom stereocenters. The van der Waals surface area contributed by atoms with Crippen LogP contribution in [0.1, 0.15) is 17.3 Å². The minimum absolute atomic E-state index is 0.332. The van der Waals surface area contributed by atoms with E-state index in [0.717, 1.165) is 12.0 Å². The minimum atomic E-state index is 0.332. The van der Waals surface area contributed by atoms with Crippen LogP contribution in [0.3, 0.4) is 0 Å². The summed E-state index contributed by atoms with van der Waals surface area (Å²) in [5.41, 5.74) is 0.666. The zero-order chi connectivity index (χ0) is 9.68. The van der Waals surface area contributed by atoms with Crippen molar-refractivity contribution < 1.29 is 9.53 Å². The molecule has 13 heavy (non-hydrogen) atoms. The maximum atomic E-state index is 10.3. The Morgan fingerprint density at radius 1 is 1.46 bits per heavy atom. The van der Waals surface area contributed by atoms with Crippen molar-refractivity contribution >= 4 is 22.2 Å². The Kier molecular flexibility index (Phi) is 3.96. The van der Waals surface area contributed by atoms with E-state index in [1.807, 2.05) is 6.92 Å². The topological polar surface area (TPSA) is 26.3 Å². The van der Waals surface area contributed by atoms with Gasteiger partial charge >= 0.3 is 0 Å². The van der Waals surface area contributed by atoms with E-state index in [0.29, 0.717) is 17.0 Å². The van der Waals surface area contributed by atoms with E-state index in [9.17, 15) is 4.79 Å². The lowest BCUT2D eigenvalue weighted by atomic mass is 10.2. The maximum Gasteiger partial charge on any atom is 0.150 e. The summed E-state index contributed by atoms with van der Waals surface area (Å²) >= 11 is 3.38. The lowest BCUT2D eigenvalue weighted by Gasteiger charge is -2.06. The Hall–Kier alpha value is -0.830. The third kappa shape index (κ3) is 3.59. The highest BCUT2D eigenvalue weighted by molar-refractivity contribution is 9.09. The first-order chi connectivity index (χ1) is 6.22. The van der Waals surface area contributed by atoms with Crippen LogP contribution in [-0.4, -0.2) is 17.7 Å². The van der Waals surface area contributed by atoms with Gasteiger partial charge in [0.25, 0.3) is 0 Å². The van der Waals surface area contributed by atoms with Crippen molar-refractivity contribution in [2.45, 2.75) is 11.8 Å². The Morgan fingerprint density at radius 2 is 2.08 bits per heavy atom. The van der Waals surface area contributed by atoms with E-state index >= 15 is 0 Å². The van der Waals surface area contributed by atoms with Gasteiger partial charge in [-0.1, -0.05) is 15.9 Å². The fraction of sp³-hybridized carbons (Fsp3) is 0.300. The van der Waals surface area contributed by atoms with E-state index in [2.05, 4.69) is 15.9 Å². The van der Waals surface area contributed by atoms with Crippen LogP contribution in [0, 0.1) is 0 Å². The molecule has 70 valence electrons. The van der Waals surface area contributed by atoms with E-state index < -0.39 is 0 Å². The fourth-order valence-electron chi connectivity index (χ4n) is 0.854. The quantitative estimate of drug-likeness (QED) is 0.600. The lowest BCUT2D eigenvalue weighted by molar-refractivity contribution is 0.112. The van der Waals surface area contributed by atoms with Crippen molar-refractivity contribution in [3.05, 3.63) is 29.8 Å². The number of hydrogen-bond acceptors (Lipinski definition) is 2. The molecule has 1 unspecified atom stereocenters. The van der Waals surface area contributed by atoms with Crippen LogP contribution in [0.25, 0.3) is 0 Å². The van der Waals surface area contributed by atoms with E-state index in [4.69, 9.17) is 4.74 Å². The van der Waals surface area contributed by atoms with E-state index in [1.54, 1.807) is 24.3 Å². The molecule has 0 aliphatic carbocycles. The van der Waals surface area contributed by atoms with Crippen LogP contribution in [0.4, 0.5) is 0 Å². The largest absolute Gasteiger partial charge is 0.492 e. The van der Waals surface area contributed by atoms with Gasteiger partial charge in [-0.2, -0.15) is 0 Å². The molecule has 0 aliphatic rings. The molecular formula is C10H11BrO2. The SMILES string of the molecule is CC(Br)COc1ccc(C=O)cc1.